The van der Waals surface area contributed by atoms with Crippen molar-refractivity contribution in [3.8, 4) is 0 Å². The van der Waals surface area contributed by atoms with Crippen molar-refractivity contribution in [3.05, 3.63) is 46.1 Å². The molecule has 0 fully saturated rings. The van der Waals surface area contributed by atoms with Crippen molar-refractivity contribution in [1.29, 1.82) is 0 Å². The largest absolute Gasteiger partial charge is 0.383 e. The van der Waals surface area contributed by atoms with Gasteiger partial charge in [-0.05, 0) is 18.4 Å². The zero-order valence-corrected chi connectivity index (χ0v) is 11.7. The Morgan fingerprint density at radius 2 is 2.11 bits per heavy atom. The summed E-state index contributed by atoms with van der Waals surface area (Å²) in [7, 11) is 0. The minimum Gasteiger partial charge on any atom is -0.383 e. The SMILES string of the molecule is Cc1cccc(Cn2nc(C(C)C)c(Cl)c2N)c1. The van der Waals surface area contributed by atoms with E-state index >= 15 is 0 Å². The molecule has 0 spiro atoms. The summed E-state index contributed by atoms with van der Waals surface area (Å²) in [4.78, 5) is 0. The van der Waals surface area contributed by atoms with Gasteiger partial charge in [0.2, 0.25) is 0 Å². The van der Waals surface area contributed by atoms with Gasteiger partial charge in [0.1, 0.15) is 10.8 Å². The highest BCUT2D eigenvalue weighted by Gasteiger charge is 2.16. The minimum absolute atomic E-state index is 0.276. The lowest BCUT2D eigenvalue weighted by atomic mass is 10.1. The van der Waals surface area contributed by atoms with E-state index in [9.17, 15) is 0 Å². The molecule has 0 saturated heterocycles. The van der Waals surface area contributed by atoms with Crippen LogP contribution in [0.4, 0.5) is 5.82 Å². The van der Waals surface area contributed by atoms with Crippen LogP contribution in [-0.2, 0) is 6.54 Å². The molecule has 0 radical (unpaired) electrons. The van der Waals surface area contributed by atoms with Gasteiger partial charge in [-0.15, -0.1) is 0 Å². The number of nitrogens with zero attached hydrogens (tertiary/aromatic N) is 2. The number of rotatable bonds is 3. The molecule has 2 aromatic rings. The van der Waals surface area contributed by atoms with Crippen LogP contribution in [0.15, 0.2) is 24.3 Å². The molecular weight excluding hydrogens is 246 g/mol. The minimum atomic E-state index is 0.276. The van der Waals surface area contributed by atoms with E-state index in [0.29, 0.717) is 17.4 Å². The molecule has 0 amide bonds. The molecule has 0 unspecified atom stereocenters. The molecule has 0 aliphatic rings. The van der Waals surface area contributed by atoms with Crippen LogP contribution in [-0.4, -0.2) is 9.78 Å². The Balaban J connectivity index is 2.32. The van der Waals surface area contributed by atoms with Crippen molar-refractivity contribution >= 4 is 17.4 Å². The normalized spacial score (nSPS) is 11.2. The van der Waals surface area contributed by atoms with Gasteiger partial charge in [-0.1, -0.05) is 55.3 Å². The van der Waals surface area contributed by atoms with Crippen LogP contribution < -0.4 is 5.73 Å². The molecule has 2 N–H and O–H groups in total. The number of halogens is 1. The zero-order valence-electron chi connectivity index (χ0n) is 10.9. The lowest BCUT2D eigenvalue weighted by Crippen LogP contribution is -2.06. The number of anilines is 1. The number of nitrogens with two attached hydrogens (primary N) is 1. The Hall–Kier alpha value is -1.48. The first-order valence-corrected chi connectivity index (χ1v) is 6.44. The Bertz CT molecular complexity index is 558. The number of nitrogen functional groups attached to an aromatic ring is 1. The van der Waals surface area contributed by atoms with Gasteiger partial charge < -0.3 is 5.73 Å². The third-order valence-corrected chi connectivity index (χ3v) is 3.31. The molecule has 96 valence electrons. The van der Waals surface area contributed by atoms with Crippen LogP contribution >= 0.6 is 11.6 Å². The van der Waals surface area contributed by atoms with E-state index in [1.807, 2.05) is 6.07 Å². The van der Waals surface area contributed by atoms with Gasteiger partial charge in [0.05, 0.1) is 12.2 Å². The van der Waals surface area contributed by atoms with Crippen LogP contribution in [0.3, 0.4) is 0 Å². The standard InChI is InChI=1S/C14H18ClN3/c1-9(2)13-12(15)14(16)18(17-13)8-11-6-4-5-10(3)7-11/h4-7,9H,8,16H2,1-3H3. The van der Waals surface area contributed by atoms with Crippen molar-refractivity contribution in [3.63, 3.8) is 0 Å². The van der Waals surface area contributed by atoms with Gasteiger partial charge in [0.25, 0.3) is 0 Å². The Morgan fingerprint density at radius 1 is 1.39 bits per heavy atom. The molecule has 1 aromatic heterocycles. The van der Waals surface area contributed by atoms with Crippen molar-refractivity contribution in [2.45, 2.75) is 33.2 Å². The second-order valence-corrected chi connectivity index (χ2v) is 5.26. The Kier molecular flexibility index (Phi) is 3.62. The average molecular weight is 264 g/mol. The monoisotopic (exact) mass is 263 g/mol. The highest BCUT2D eigenvalue weighted by Crippen LogP contribution is 2.29. The number of hydrogen-bond donors (Lipinski definition) is 1. The fraction of sp³-hybridized carbons (Fsp3) is 0.357. The van der Waals surface area contributed by atoms with E-state index in [4.69, 9.17) is 17.3 Å². The summed E-state index contributed by atoms with van der Waals surface area (Å²) < 4.78 is 1.77. The predicted molar refractivity (Wildman–Crippen MR) is 76.0 cm³/mol. The maximum absolute atomic E-state index is 6.20. The number of hydrogen-bond acceptors (Lipinski definition) is 2. The summed E-state index contributed by atoms with van der Waals surface area (Å²) in [6.07, 6.45) is 0. The molecule has 1 heterocycles. The molecule has 0 atom stereocenters. The van der Waals surface area contributed by atoms with Crippen molar-refractivity contribution in [2.75, 3.05) is 5.73 Å². The predicted octanol–water partition coefficient (Wildman–Crippen LogP) is 3.60. The first-order chi connectivity index (χ1) is 8.49. The summed E-state index contributed by atoms with van der Waals surface area (Å²) >= 11 is 6.20. The van der Waals surface area contributed by atoms with E-state index in [-0.39, 0.29) is 5.92 Å². The highest BCUT2D eigenvalue weighted by atomic mass is 35.5. The third-order valence-electron chi connectivity index (χ3n) is 2.92. The average Bonchev–Trinajstić information content (AvgIpc) is 2.58. The van der Waals surface area contributed by atoms with Crippen LogP contribution in [0, 0.1) is 6.92 Å². The number of benzene rings is 1. The van der Waals surface area contributed by atoms with Gasteiger partial charge in [-0.3, -0.25) is 0 Å². The molecule has 0 aliphatic carbocycles. The second kappa shape index (κ2) is 5.02. The summed E-state index contributed by atoms with van der Waals surface area (Å²) in [6, 6.07) is 8.30. The van der Waals surface area contributed by atoms with Gasteiger partial charge in [0, 0.05) is 0 Å². The smallest absolute Gasteiger partial charge is 0.141 e. The van der Waals surface area contributed by atoms with Crippen LogP contribution in [0.25, 0.3) is 0 Å². The van der Waals surface area contributed by atoms with E-state index in [0.717, 1.165) is 5.69 Å². The topological polar surface area (TPSA) is 43.8 Å². The van der Waals surface area contributed by atoms with Crippen molar-refractivity contribution in [1.82, 2.24) is 9.78 Å². The fourth-order valence-corrected chi connectivity index (χ4v) is 2.30. The summed E-state index contributed by atoms with van der Waals surface area (Å²) in [5.41, 5.74) is 9.27. The van der Waals surface area contributed by atoms with E-state index in [1.165, 1.54) is 11.1 Å². The first-order valence-electron chi connectivity index (χ1n) is 6.06. The maximum Gasteiger partial charge on any atom is 0.141 e. The summed E-state index contributed by atoms with van der Waals surface area (Å²) in [6.45, 7) is 6.84. The molecule has 3 nitrogen and oxygen atoms in total. The van der Waals surface area contributed by atoms with E-state index in [1.54, 1.807) is 4.68 Å². The van der Waals surface area contributed by atoms with Gasteiger partial charge >= 0.3 is 0 Å². The fourth-order valence-electron chi connectivity index (χ4n) is 1.95. The number of aryl methyl sites for hydroxylation is 1. The Labute approximate surface area is 113 Å². The van der Waals surface area contributed by atoms with E-state index < -0.39 is 0 Å². The second-order valence-electron chi connectivity index (χ2n) is 4.89. The summed E-state index contributed by atoms with van der Waals surface area (Å²) in [5, 5.41) is 5.07. The van der Waals surface area contributed by atoms with Gasteiger partial charge in [-0.25, -0.2) is 4.68 Å². The first kappa shape index (κ1) is 13.0. The molecule has 4 heteroatoms. The van der Waals surface area contributed by atoms with Crippen LogP contribution in [0.5, 0.6) is 0 Å². The third kappa shape index (κ3) is 2.51. The molecule has 2 rings (SSSR count). The maximum atomic E-state index is 6.20. The number of aromatic nitrogens is 2. The molecule has 18 heavy (non-hydrogen) atoms. The van der Waals surface area contributed by atoms with Crippen molar-refractivity contribution < 1.29 is 0 Å². The van der Waals surface area contributed by atoms with Crippen LogP contribution in [0.1, 0.15) is 36.6 Å². The van der Waals surface area contributed by atoms with Crippen molar-refractivity contribution in [2.24, 2.45) is 0 Å². The molecular formula is C14H18ClN3. The van der Waals surface area contributed by atoms with E-state index in [2.05, 4.69) is 44.1 Å². The zero-order chi connectivity index (χ0) is 13.3. The van der Waals surface area contributed by atoms with Gasteiger partial charge in [0.15, 0.2) is 0 Å². The lowest BCUT2D eigenvalue weighted by Gasteiger charge is -2.05. The summed E-state index contributed by atoms with van der Waals surface area (Å²) in [5.74, 6) is 0.820. The molecule has 0 bridgehead atoms. The quantitative estimate of drug-likeness (QED) is 0.920. The van der Waals surface area contributed by atoms with Gasteiger partial charge in [-0.2, -0.15) is 5.10 Å². The molecule has 1 aromatic carbocycles. The molecule has 0 aliphatic heterocycles. The lowest BCUT2D eigenvalue weighted by molar-refractivity contribution is 0.664. The van der Waals surface area contributed by atoms with Crippen LogP contribution in [0.2, 0.25) is 5.02 Å². The highest BCUT2D eigenvalue weighted by molar-refractivity contribution is 6.33. The molecule has 0 saturated carbocycles. The Morgan fingerprint density at radius 3 is 2.67 bits per heavy atom.